The van der Waals surface area contributed by atoms with E-state index in [1.807, 2.05) is 0 Å². The summed E-state index contributed by atoms with van der Waals surface area (Å²) in [7, 11) is 0. The molecule has 3 rings (SSSR count). The van der Waals surface area contributed by atoms with Crippen LogP contribution in [0.15, 0.2) is 5.16 Å². The number of hydrogen-bond donors (Lipinski definition) is 2. The summed E-state index contributed by atoms with van der Waals surface area (Å²) in [6, 6.07) is 0. The molecule has 2 heterocycles. The number of H-pyrrole nitrogens is 1. The highest BCUT2D eigenvalue weighted by Crippen LogP contribution is 2.38. The molecule has 1 aromatic rings. The predicted molar refractivity (Wildman–Crippen MR) is 88.6 cm³/mol. The van der Waals surface area contributed by atoms with Gasteiger partial charge in [0, 0.05) is 31.1 Å². The van der Waals surface area contributed by atoms with Gasteiger partial charge in [0.1, 0.15) is 5.82 Å². The summed E-state index contributed by atoms with van der Waals surface area (Å²) in [5.41, 5.74) is -0.0617. The molecule has 7 nitrogen and oxygen atoms in total. The fraction of sp³-hybridized carbons (Fsp3) is 0.800. The summed E-state index contributed by atoms with van der Waals surface area (Å²) >= 11 is 1.38. The first-order valence-corrected chi connectivity index (χ1v) is 9.18. The molecule has 2 fully saturated rings. The Hall–Kier alpha value is -1.12. The van der Waals surface area contributed by atoms with Crippen LogP contribution in [0, 0.1) is 0 Å². The number of aromatic nitrogens is 3. The second-order valence-corrected chi connectivity index (χ2v) is 7.70. The highest BCUT2D eigenvalue weighted by atomic mass is 32.2. The summed E-state index contributed by atoms with van der Waals surface area (Å²) < 4.78 is 5.38. The molecule has 23 heavy (non-hydrogen) atoms. The van der Waals surface area contributed by atoms with E-state index in [0.717, 1.165) is 32.1 Å². The van der Waals surface area contributed by atoms with Gasteiger partial charge in [-0.25, -0.2) is 4.98 Å². The maximum absolute atomic E-state index is 12.1. The van der Waals surface area contributed by atoms with Gasteiger partial charge in [0.05, 0.1) is 19.0 Å². The third kappa shape index (κ3) is 4.68. The van der Waals surface area contributed by atoms with Gasteiger partial charge in [0.15, 0.2) is 0 Å². The van der Waals surface area contributed by atoms with Crippen LogP contribution in [0.25, 0.3) is 0 Å². The molecule has 0 radical (unpaired) electrons. The minimum Gasteiger partial charge on any atom is -0.379 e. The number of aromatic amines is 1. The number of carbonyl (C=O) groups excluding carboxylic acids is 1. The smallest absolute Gasteiger partial charge is 0.230 e. The molecule has 2 N–H and O–H groups in total. The molecule has 0 aromatic carbocycles. The highest BCUT2D eigenvalue weighted by molar-refractivity contribution is 7.99. The molecule has 1 aliphatic carbocycles. The number of nitrogens with zero attached hydrogens (tertiary/aromatic N) is 3. The molecular formula is C15H25N5O2S. The van der Waals surface area contributed by atoms with Crippen LogP contribution in [0.4, 0.5) is 0 Å². The molecule has 1 saturated heterocycles. The lowest BCUT2D eigenvalue weighted by Crippen LogP contribution is -2.55. The Balaban J connectivity index is 1.39. The van der Waals surface area contributed by atoms with E-state index in [-0.39, 0.29) is 11.4 Å². The summed E-state index contributed by atoms with van der Waals surface area (Å²) in [6.07, 6.45) is 2.38. The van der Waals surface area contributed by atoms with Crippen molar-refractivity contribution in [1.82, 2.24) is 25.4 Å². The van der Waals surface area contributed by atoms with Crippen LogP contribution in [0.5, 0.6) is 0 Å². The van der Waals surface area contributed by atoms with Crippen molar-refractivity contribution < 1.29 is 9.53 Å². The number of amides is 1. The quantitative estimate of drug-likeness (QED) is 0.721. The van der Waals surface area contributed by atoms with Crippen molar-refractivity contribution in [3.05, 3.63) is 5.82 Å². The van der Waals surface area contributed by atoms with Gasteiger partial charge in [-0.2, -0.15) is 0 Å². The Bertz CT molecular complexity index is 538. The molecule has 1 amide bonds. The van der Waals surface area contributed by atoms with Crippen molar-refractivity contribution in [2.75, 3.05) is 38.6 Å². The van der Waals surface area contributed by atoms with Crippen molar-refractivity contribution in [2.24, 2.45) is 0 Å². The molecule has 0 unspecified atom stereocenters. The number of carbonyl (C=O) groups is 1. The first-order chi connectivity index (χ1) is 11.0. The first-order valence-electron chi connectivity index (χ1n) is 8.19. The number of ether oxygens (including phenoxy) is 1. The summed E-state index contributed by atoms with van der Waals surface area (Å²) in [5, 5.41) is 10.8. The Morgan fingerprint density at radius 1 is 1.43 bits per heavy atom. The highest BCUT2D eigenvalue weighted by Gasteiger charge is 2.29. The molecule has 1 aromatic heterocycles. The minimum absolute atomic E-state index is 0.0223. The summed E-state index contributed by atoms with van der Waals surface area (Å²) in [5.74, 6) is 1.89. The van der Waals surface area contributed by atoms with E-state index in [0.29, 0.717) is 23.4 Å². The Kier molecular flexibility index (Phi) is 5.23. The molecule has 0 atom stereocenters. The van der Waals surface area contributed by atoms with Crippen molar-refractivity contribution in [3.63, 3.8) is 0 Å². The maximum atomic E-state index is 12.1. The van der Waals surface area contributed by atoms with Crippen LogP contribution in [0.3, 0.4) is 0 Å². The number of morpholine rings is 1. The van der Waals surface area contributed by atoms with Crippen molar-refractivity contribution in [3.8, 4) is 0 Å². The van der Waals surface area contributed by atoms with E-state index in [1.165, 1.54) is 24.6 Å². The third-order valence-corrected chi connectivity index (χ3v) is 5.21. The largest absolute Gasteiger partial charge is 0.379 e. The second kappa shape index (κ2) is 7.19. The lowest BCUT2D eigenvalue weighted by atomic mass is 10.0. The molecule has 1 saturated carbocycles. The maximum Gasteiger partial charge on any atom is 0.230 e. The Labute approximate surface area is 140 Å². The average molecular weight is 339 g/mol. The Morgan fingerprint density at radius 3 is 2.87 bits per heavy atom. The van der Waals surface area contributed by atoms with Gasteiger partial charge in [-0.15, -0.1) is 5.10 Å². The zero-order valence-electron chi connectivity index (χ0n) is 13.8. The zero-order valence-corrected chi connectivity index (χ0v) is 14.6. The van der Waals surface area contributed by atoms with Crippen LogP contribution < -0.4 is 5.32 Å². The van der Waals surface area contributed by atoms with Crippen LogP contribution in [-0.2, 0) is 9.53 Å². The standard InChI is InChI=1S/C15H25N5O2S/c1-15(2,20-5-7-22-8-6-20)10-16-12(21)9-23-14-17-13(18-19-14)11-3-4-11/h11H,3-10H2,1-2H3,(H,16,21)(H,17,18,19). The first kappa shape index (κ1) is 16.7. The normalized spacial score (nSPS) is 19.7. The lowest BCUT2D eigenvalue weighted by molar-refractivity contribution is -0.119. The zero-order chi connectivity index (χ0) is 16.3. The average Bonchev–Trinajstić information content (AvgIpc) is 3.30. The van der Waals surface area contributed by atoms with Gasteiger partial charge < -0.3 is 10.1 Å². The van der Waals surface area contributed by atoms with Gasteiger partial charge in [-0.3, -0.25) is 14.8 Å². The van der Waals surface area contributed by atoms with E-state index in [1.54, 1.807) is 0 Å². The van der Waals surface area contributed by atoms with E-state index in [9.17, 15) is 4.79 Å². The van der Waals surface area contributed by atoms with E-state index < -0.39 is 0 Å². The molecule has 128 valence electrons. The predicted octanol–water partition coefficient (Wildman–Crippen LogP) is 1.00. The fourth-order valence-electron chi connectivity index (χ4n) is 2.64. The summed E-state index contributed by atoms with van der Waals surface area (Å²) in [4.78, 5) is 18.8. The van der Waals surface area contributed by atoms with Gasteiger partial charge in [0.2, 0.25) is 11.1 Å². The molecule has 2 aliphatic rings. The van der Waals surface area contributed by atoms with Crippen molar-refractivity contribution >= 4 is 17.7 Å². The van der Waals surface area contributed by atoms with Crippen molar-refractivity contribution in [1.29, 1.82) is 0 Å². The third-order valence-electron chi connectivity index (χ3n) is 4.36. The molecule has 0 spiro atoms. The number of rotatable bonds is 7. The second-order valence-electron chi connectivity index (χ2n) is 6.75. The molecule has 8 heteroatoms. The summed E-state index contributed by atoms with van der Waals surface area (Å²) in [6.45, 7) is 8.31. The Morgan fingerprint density at radius 2 is 2.17 bits per heavy atom. The van der Waals surface area contributed by atoms with E-state index in [2.05, 4.69) is 39.2 Å². The SMILES string of the molecule is CC(C)(CNC(=O)CSc1n[nH]c(C2CC2)n1)N1CCOCC1. The molecular weight excluding hydrogens is 314 g/mol. The van der Waals surface area contributed by atoms with Crippen LogP contribution in [-0.4, -0.2) is 70.1 Å². The minimum atomic E-state index is -0.0617. The molecule has 1 aliphatic heterocycles. The molecule has 0 bridgehead atoms. The van der Waals surface area contributed by atoms with Gasteiger partial charge in [0.25, 0.3) is 0 Å². The van der Waals surface area contributed by atoms with Crippen molar-refractivity contribution in [2.45, 2.75) is 43.3 Å². The van der Waals surface area contributed by atoms with Crippen LogP contribution in [0.2, 0.25) is 0 Å². The number of hydrogen-bond acceptors (Lipinski definition) is 6. The van der Waals surface area contributed by atoms with Gasteiger partial charge in [-0.05, 0) is 26.7 Å². The van der Waals surface area contributed by atoms with E-state index >= 15 is 0 Å². The van der Waals surface area contributed by atoms with E-state index in [4.69, 9.17) is 4.74 Å². The topological polar surface area (TPSA) is 83.1 Å². The number of thioether (sulfide) groups is 1. The number of nitrogens with one attached hydrogen (secondary N) is 2. The van der Waals surface area contributed by atoms with Crippen LogP contribution >= 0.6 is 11.8 Å². The monoisotopic (exact) mass is 339 g/mol. The lowest BCUT2D eigenvalue weighted by Gasteiger charge is -2.40. The van der Waals surface area contributed by atoms with Gasteiger partial charge >= 0.3 is 0 Å². The fourth-order valence-corrected chi connectivity index (χ4v) is 3.27. The van der Waals surface area contributed by atoms with Gasteiger partial charge in [-0.1, -0.05) is 11.8 Å². The van der Waals surface area contributed by atoms with Crippen LogP contribution in [0.1, 0.15) is 38.4 Å².